The summed E-state index contributed by atoms with van der Waals surface area (Å²) >= 11 is 5.92. The summed E-state index contributed by atoms with van der Waals surface area (Å²) in [7, 11) is 0. The molecule has 0 aliphatic carbocycles. The lowest BCUT2D eigenvalue weighted by molar-refractivity contribution is 0.0951. The second-order valence-electron chi connectivity index (χ2n) is 4.26. The van der Waals surface area contributed by atoms with Crippen molar-refractivity contribution in [1.29, 1.82) is 0 Å². The predicted octanol–water partition coefficient (Wildman–Crippen LogP) is 3.10. The number of nitrogens with zero attached hydrogens (tertiary/aromatic N) is 1. The number of aromatic nitrogens is 1. The molecule has 5 heteroatoms. The van der Waals surface area contributed by atoms with Crippen molar-refractivity contribution in [1.82, 2.24) is 10.3 Å². The molecule has 0 aliphatic rings. The first kappa shape index (κ1) is 14.3. The third-order valence-corrected chi connectivity index (χ3v) is 2.90. The summed E-state index contributed by atoms with van der Waals surface area (Å²) < 4.78 is 0. The van der Waals surface area contributed by atoms with Crippen LogP contribution in [0.1, 0.15) is 22.8 Å². The zero-order valence-electron chi connectivity index (χ0n) is 11.2. The van der Waals surface area contributed by atoms with Gasteiger partial charge in [0.2, 0.25) is 0 Å². The van der Waals surface area contributed by atoms with Crippen molar-refractivity contribution in [2.24, 2.45) is 0 Å². The summed E-state index contributed by atoms with van der Waals surface area (Å²) in [5.74, 6) is 0.433. The maximum atomic E-state index is 12.1. The molecule has 20 heavy (non-hydrogen) atoms. The number of hydrogen-bond donors (Lipinski definition) is 2. The Morgan fingerprint density at radius 1 is 1.25 bits per heavy atom. The molecule has 2 aromatic rings. The van der Waals surface area contributed by atoms with E-state index in [0.29, 0.717) is 23.1 Å². The van der Waals surface area contributed by atoms with Crippen molar-refractivity contribution >= 4 is 23.3 Å². The molecule has 2 N–H and O–H groups in total. The van der Waals surface area contributed by atoms with Gasteiger partial charge in [-0.25, -0.2) is 4.98 Å². The minimum Gasteiger partial charge on any atom is -0.370 e. The number of rotatable bonds is 5. The number of carbonyl (C=O) groups excluding carboxylic acids is 1. The molecule has 0 bridgehead atoms. The zero-order valence-corrected chi connectivity index (χ0v) is 11.9. The normalized spacial score (nSPS) is 10.1. The van der Waals surface area contributed by atoms with E-state index in [-0.39, 0.29) is 5.91 Å². The zero-order chi connectivity index (χ0) is 14.4. The van der Waals surface area contributed by atoms with Crippen LogP contribution >= 0.6 is 11.6 Å². The van der Waals surface area contributed by atoms with E-state index >= 15 is 0 Å². The molecule has 2 rings (SSSR count). The molecule has 1 aromatic carbocycles. The Bertz CT molecular complexity index is 587. The van der Waals surface area contributed by atoms with Crippen LogP contribution < -0.4 is 10.6 Å². The third kappa shape index (κ3) is 3.96. The molecule has 1 aromatic heterocycles. The van der Waals surface area contributed by atoms with Gasteiger partial charge in [0.1, 0.15) is 11.0 Å². The van der Waals surface area contributed by atoms with Gasteiger partial charge < -0.3 is 10.6 Å². The average molecular weight is 290 g/mol. The first-order valence-electron chi connectivity index (χ1n) is 6.42. The van der Waals surface area contributed by atoms with Gasteiger partial charge in [-0.3, -0.25) is 4.79 Å². The number of carbonyl (C=O) groups is 1. The molecule has 0 aliphatic heterocycles. The fourth-order valence-electron chi connectivity index (χ4n) is 1.78. The van der Waals surface area contributed by atoms with Crippen LogP contribution in [0.15, 0.2) is 42.5 Å². The van der Waals surface area contributed by atoms with Gasteiger partial charge in [0.15, 0.2) is 0 Å². The monoisotopic (exact) mass is 289 g/mol. The Kier molecular flexibility index (Phi) is 4.96. The fourth-order valence-corrected chi connectivity index (χ4v) is 1.99. The number of benzene rings is 1. The highest BCUT2D eigenvalue weighted by atomic mass is 35.5. The third-order valence-electron chi connectivity index (χ3n) is 2.71. The topological polar surface area (TPSA) is 54.0 Å². The van der Waals surface area contributed by atoms with E-state index in [1.807, 2.05) is 37.3 Å². The van der Waals surface area contributed by atoms with Gasteiger partial charge in [-0.2, -0.15) is 0 Å². The molecular formula is C15H16ClN3O. The molecule has 0 unspecified atom stereocenters. The summed E-state index contributed by atoms with van der Waals surface area (Å²) in [5.41, 5.74) is 1.55. The molecule has 104 valence electrons. The van der Waals surface area contributed by atoms with Crippen molar-refractivity contribution in [3.63, 3.8) is 0 Å². The first-order valence-corrected chi connectivity index (χ1v) is 6.80. The Morgan fingerprint density at radius 2 is 2.00 bits per heavy atom. The fraction of sp³-hybridized carbons (Fsp3) is 0.200. The Balaban J connectivity index is 2.05. The van der Waals surface area contributed by atoms with Gasteiger partial charge in [-0.15, -0.1) is 0 Å². The highest BCUT2D eigenvalue weighted by Crippen LogP contribution is 2.14. The Hall–Kier alpha value is -2.07. The molecule has 0 atom stereocenters. The quantitative estimate of drug-likeness (QED) is 0.832. The lowest BCUT2D eigenvalue weighted by Gasteiger charge is -2.08. The van der Waals surface area contributed by atoms with Gasteiger partial charge in [-0.1, -0.05) is 41.9 Å². The highest BCUT2D eigenvalue weighted by Gasteiger charge is 2.08. The van der Waals surface area contributed by atoms with Gasteiger partial charge in [0, 0.05) is 18.7 Å². The van der Waals surface area contributed by atoms with Crippen LogP contribution in [0.2, 0.25) is 5.15 Å². The summed E-state index contributed by atoms with van der Waals surface area (Å²) in [6.07, 6.45) is 0. The number of halogens is 1. The number of nitrogens with one attached hydrogen (secondary N) is 2. The predicted molar refractivity (Wildman–Crippen MR) is 81.0 cm³/mol. The Morgan fingerprint density at radius 3 is 2.70 bits per heavy atom. The summed E-state index contributed by atoms with van der Waals surface area (Å²) in [6.45, 7) is 3.16. The maximum absolute atomic E-state index is 12.1. The highest BCUT2D eigenvalue weighted by molar-refractivity contribution is 6.29. The first-order chi connectivity index (χ1) is 9.69. The van der Waals surface area contributed by atoms with Crippen LogP contribution in [0.5, 0.6) is 0 Å². The molecule has 0 spiro atoms. The molecule has 4 nitrogen and oxygen atoms in total. The molecule has 0 saturated heterocycles. The van der Waals surface area contributed by atoms with E-state index in [1.54, 1.807) is 12.1 Å². The molecule has 0 saturated carbocycles. The van der Waals surface area contributed by atoms with E-state index in [2.05, 4.69) is 15.6 Å². The van der Waals surface area contributed by atoms with Gasteiger partial charge in [0.25, 0.3) is 5.91 Å². The number of anilines is 1. The van der Waals surface area contributed by atoms with E-state index in [0.717, 1.165) is 12.1 Å². The van der Waals surface area contributed by atoms with Crippen molar-refractivity contribution in [3.05, 3.63) is 58.7 Å². The Labute approximate surface area is 123 Å². The van der Waals surface area contributed by atoms with Crippen molar-refractivity contribution < 1.29 is 4.79 Å². The molecule has 0 fully saturated rings. The van der Waals surface area contributed by atoms with Crippen molar-refractivity contribution in [3.8, 4) is 0 Å². The second kappa shape index (κ2) is 6.91. The number of hydrogen-bond acceptors (Lipinski definition) is 3. The average Bonchev–Trinajstić information content (AvgIpc) is 2.45. The van der Waals surface area contributed by atoms with Crippen molar-refractivity contribution in [2.45, 2.75) is 13.5 Å². The van der Waals surface area contributed by atoms with Crippen LogP contribution in [0, 0.1) is 0 Å². The lowest BCUT2D eigenvalue weighted by Crippen LogP contribution is -2.23. The lowest BCUT2D eigenvalue weighted by atomic mass is 10.2. The summed E-state index contributed by atoms with van der Waals surface area (Å²) in [6, 6.07) is 13.0. The van der Waals surface area contributed by atoms with Crippen LogP contribution in [0.25, 0.3) is 0 Å². The van der Waals surface area contributed by atoms with Crippen LogP contribution in [-0.2, 0) is 6.54 Å². The summed E-state index contributed by atoms with van der Waals surface area (Å²) in [5, 5.41) is 6.20. The molecule has 1 heterocycles. The largest absolute Gasteiger partial charge is 0.370 e. The van der Waals surface area contributed by atoms with Gasteiger partial charge in [0.05, 0.1) is 0 Å². The molecule has 1 amide bonds. The molecular weight excluding hydrogens is 274 g/mol. The minimum absolute atomic E-state index is 0.169. The SMILES string of the molecule is CCNc1cc(C(=O)NCc2ccccc2)cc(Cl)n1. The van der Waals surface area contributed by atoms with E-state index in [4.69, 9.17) is 11.6 Å². The number of pyridine rings is 1. The minimum atomic E-state index is -0.169. The maximum Gasteiger partial charge on any atom is 0.251 e. The van der Waals surface area contributed by atoms with Crippen molar-refractivity contribution in [2.75, 3.05) is 11.9 Å². The van der Waals surface area contributed by atoms with E-state index in [9.17, 15) is 4.79 Å². The smallest absolute Gasteiger partial charge is 0.251 e. The standard InChI is InChI=1S/C15H16ClN3O/c1-2-17-14-9-12(8-13(16)19-14)15(20)18-10-11-6-4-3-5-7-11/h3-9H,2,10H2,1H3,(H,17,19)(H,18,20). The van der Waals surface area contributed by atoms with Gasteiger partial charge >= 0.3 is 0 Å². The second-order valence-corrected chi connectivity index (χ2v) is 4.65. The van der Waals surface area contributed by atoms with Gasteiger partial charge in [-0.05, 0) is 24.6 Å². The van der Waals surface area contributed by atoms with E-state index < -0.39 is 0 Å². The van der Waals surface area contributed by atoms with E-state index in [1.165, 1.54) is 0 Å². The van der Waals surface area contributed by atoms with Crippen LogP contribution in [0.3, 0.4) is 0 Å². The van der Waals surface area contributed by atoms with Crippen LogP contribution in [-0.4, -0.2) is 17.4 Å². The number of amides is 1. The van der Waals surface area contributed by atoms with Crippen LogP contribution in [0.4, 0.5) is 5.82 Å². The molecule has 0 radical (unpaired) electrons. The summed E-state index contributed by atoms with van der Waals surface area (Å²) in [4.78, 5) is 16.2.